The Hall–Kier alpha value is -0.810. The van der Waals surface area contributed by atoms with Crippen LogP contribution in [-0.4, -0.2) is 53.0 Å². The van der Waals surface area contributed by atoms with Crippen LogP contribution in [0.5, 0.6) is 0 Å². The molecule has 0 aliphatic carbocycles. The first-order valence-electron chi connectivity index (χ1n) is 5.30. The molecular weight excluding hydrogens is 196 g/mol. The van der Waals surface area contributed by atoms with Crippen molar-refractivity contribution in [3.8, 4) is 0 Å². The number of carbonyl (C=O) groups is 1. The number of nitrogens with zero attached hydrogens (tertiary/aromatic N) is 2. The zero-order chi connectivity index (χ0) is 11.5. The Labute approximate surface area is 90.6 Å². The first-order valence-corrected chi connectivity index (χ1v) is 5.30. The summed E-state index contributed by atoms with van der Waals surface area (Å²) in [5.41, 5.74) is -0.456. The molecule has 88 valence electrons. The SMILES string of the molecule is CC(C)(C)OC(=O)N1CCCN(O)CC1. The van der Waals surface area contributed by atoms with E-state index in [1.54, 1.807) is 4.90 Å². The van der Waals surface area contributed by atoms with Gasteiger partial charge in [0.25, 0.3) is 0 Å². The molecule has 0 radical (unpaired) electrons. The molecule has 1 fully saturated rings. The first kappa shape index (κ1) is 12.3. The van der Waals surface area contributed by atoms with Crippen molar-refractivity contribution in [2.75, 3.05) is 26.2 Å². The van der Waals surface area contributed by atoms with Crippen LogP contribution in [0, 0.1) is 0 Å². The van der Waals surface area contributed by atoms with Crippen molar-refractivity contribution in [2.24, 2.45) is 0 Å². The molecule has 1 amide bonds. The van der Waals surface area contributed by atoms with E-state index in [0.717, 1.165) is 6.42 Å². The Balaban J connectivity index is 2.45. The van der Waals surface area contributed by atoms with Crippen LogP contribution in [0.25, 0.3) is 0 Å². The highest BCUT2D eigenvalue weighted by atomic mass is 16.6. The van der Waals surface area contributed by atoms with Gasteiger partial charge in [-0.3, -0.25) is 0 Å². The second kappa shape index (κ2) is 4.81. The molecule has 0 atom stereocenters. The van der Waals surface area contributed by atoms with Gasteiger partial charge in [-0.2, -0.15) is 5.06 Å². The summed E-state index contributed by atoms with van der Waals surface area (Å²) in [4.78, 5) is 13.3. The molecule has 1 aliphatic rings. The van der Waals surface area contributed by atoms with Gasteiger partial charge < -0.3 is 14.8 Å². The smallest absolute Gasteiger partial charge is 0.410 e. The Morgan fingerprint density at radius 3 is 2.47 bits per heavy atom. The summed E-state index contributed by atoms with van der Waals surface area (Å²) >= 11 is 0. The van der Waals surface area contributed by atoms with Crippen LogP contribution < -0.4 is 0 Å². The molecular formula is C10H20N2O3. The molecule has 1 aliphatic heterocycles. The maximum atomic E-state index is 11.7. The quantitative estimate of drug-likeness (QED) is 0.663. The number of hydrogen-bond acceptors (Lipinski definition) is 4. The number of rotatable bonds is 0. The summed E-state index contributed by atoms with van der Waals surface area (Å²) in [7, 11) is 0. The molecule has 0 saturated carbocycles. The van der Waals surface area contributed by atoms with Gasteiger partial charge in [0.2, 0.25) is 0 Å². The standard InChI is InChI=1S/C10H20N2O3/c1-10(2,3)15-9(13)11-5-4-6-12(14)8-7-11/h14H,4-8H2,1-3H3. The van der Waals surface area contributed by atoms with E-state index in [1.807, 2.05) is 20.8 Å². The van der Waals surface area contributed by atoms with Crippen LogP contribution in [0.1, 0.15) is 27.2 Å². The van der Waals surface area contributed by atoms with Crippen LogP contribution >= 0.6 is 0 Å². The Kier molecular flexibility index (Phi) is 3.93. The third-order valence-corrected chi connectivity index (χ3v) is 2.12. The van der Waals surface area contributed by atoms with Gasteiger partial charge in [0, 0.05) is 26.2 Å². The highest BCUT2D eigenvalue weighted by molar-refractivity contribution is 5.68. The Morgan fingerprint density at radius 1 is 1.20 bits per heavy atom. The van der Waals surface area contributed by atoms with Crippen molar-refractivity contribution in [2.45, 2.75) is 32.8 Å². The molecule has 0 spiro atoms. The maximum Gasteiger partial charge on any atom is 0.410 e. The lowest BCUT2D eigenvalue weighted by Crippen LogP contribution is -2.38. The summed E-state index contributed by atoms with van der Waals surface area (Å²) in [6, 6.07) is 0. The highest BCUT2D eigenvalue weighted by Gasteiger charge is 2.23. The molecule has 0 bridgehead atoms. The minimum atomic E-state index is -0.456. The van der Waals surface area contributed by atoms with Crippen molar-refractivity contribution >= 4 is 6.09 Å². The highest BCUT2D eigenvalue weighted by Crippen LogP contribution is 2.11. The predicted molar refractivity (Wildman–Crippen MR) is 55.8 cm³/mol. The maximum absolute atomic E-state index is 11.7. The van der Waals surface area contributed by atoms with E-state index >= 15 is 0 Å². The fourth-order valence-electron chi connectivity index (χ4n) is 1.41. The number of hydroxylamine groups is 2. The van der Waals surface area contributed by atoms with Crippen molar-refractivity contribution in [3.05, 3.63) is 0 Å². The van der Waals surface area contributed by atoms with Gasteiger partial charge in [-0.05, 0) is 27.2 Å². The van der Waals surface area contributed by atoms with Crippen LogP contribution in [0.2, 0.25) is 0 Å². The van der Waals surface area contributed by atoms with Crippen molar-refractivity contribution < 1.29 is 14.7 Å². The van der Waals surface area contributed by atoms with Crippen molar-refractivity contribution in [1.29, 1.82) is 0 Å². The summed E-state index contributed by atoms with van der Waals surface area (Å²) < 4.78 is 5.25. The molecule has 1 rings (SSSR count). The number of amides is 1. The van der Waals surface area contributed by atoms with E-state index < -0.39 is 5.60 Å². The number of ether oxygens (including phenoxy) is 1. The van der Waals surface area contributed by atoms with E-state index in [2.05, 4.69) is 0 Å². The molecule has 5 nitrogen and oxygen atoms in total. The predicted octanol–water partition coefficient (Wildman–Crippen LogP) is 1.32. The molecule has 0 unspecified atom stereocenters. The second-order valence-corrected chi connectivity index (χ2v) is 4.77. The molecule has 0 aromatic heterocycles. The van der Waals surface area contributed by atoms with E-state index in [1.165, 1.54) is 5.06 Å². The molecule has 1 N–H and O–H groups in total. The zero-order valence-corrected chi connectivity index (χ0v) is 9.69. The van der Waals surface area contributed by atoms with Crippen molar-refractivity contribution in [1.82, 2.24) is 9.96 Å². The molecule has 1 heterocycles. The summed E-state index contributed by atoms with van der Waals surface area (Å²) in [5.74, 6) is 0. The lowest BCUT2D eigenvalue weighted by atomic mass is 10.2. The Morgan fingerprint density at radius 2 is 1.87 bits per heavy atom. The lowest BCUT2D eigenvalue weighted by Gasteiger charge is -2.26. The second-order valence-electron chi connectivity index (χ2n) is 4.77. The minimum Gasteiger partial charge on any atom is -0.444 e. The van der Waals surface area contributed by atoms with Crippen molar-refractivity contribution in [3.63, 3.8) is 0 Å². The molecule has 0 aromatic carbocycles. The van der Waals surface area contributed by atoms with Gasteiger partial charge in [-0.1, -0.05) is 0 Å². The van der Waals surface area contributed by atoms with E-state index in [4.69, 9.17) is 4.74 Å². The summed E-state index contributed by atoms with van der Waals surface area (Å²) in [6.45, 7) is 7.80. The lowest BCUT2D eigenvalue weighted by molar-refractivity contribution is -0.0863. The fourth-order valence-corrected chi connectivity index (χ4v) is 1.41. The normalized spacial score (nSPS) is 19.9. The van der Waals surface area contributed by atoms with E-state index in [0.29, 0.717) is 26.2 Å². The molecule has 1 saturated heterocycles. The topological polar surface area (TPSA) is 53.0 Å². The average Bonchev–Trinajstić information content (AvgIpc) is 2.26. The zero-order valence-electron chi connectivity index (χ0n) is 9.69. The third-order valence-electron chi connectivity index (χ3n) is 2.12. The third kappa shape index (κ3) is 4.48. The van der Waals surface area contributed by atoms with E-state index in [9.17, 15) is 10.0 Å². The molecule has 0 aromatic rings. The van der Waals surface area contributed by atoms with Crippen LogP contribution in [0.15, 0.2) is 0 Å². The number of carbonyl (C=O) groups excluding carboxylic acids is 1. The average molecular weight is 216 g/mol. The monoisotopic (exact) mass is 216 g/mol. The Bertz CT molecular complexity index is 225. The van der Waals surface area contributed by atoms with E-state index in [-0.39, 0.29) is 6.09 Å². The summed E-state index contributed by atoms with van der Waals surface area (Å²) in [5, 5.41) is 10.5. The van der Waals surface area contributed by atoms with Gasteiger partial charge in [0.05, 0.1) is 0 Å². The van der Waals surface area contributed by atoms with Gasteiger partial charge in [-0.25, -0.2) is 4.79 Å². The molecule has 15 heavy (non-hydrogen) atoms. The first-order chi connectivity index (χ1) is 6.88. The van der Waals surface area contributed by atoms with Gasteiger partial charge in [0.1, 0.15) is 5.60 Å². The minimum absolute atomic E-state index is 0.294. The van der Waals surface area contributed by atoms with Gasteiger partial charge in [-0.15, -0.1) is 0 Å². The number of hydrogen-bond donors (Lipinski definition) is 1. The van der Waals surface area contributed by atoms with Crippen LogP contribution in [0.4, 0.5) is 4.79 Å². The largest absolute Gasteiger partial charge is 0.444 e. The summed E-state index contributed by atoms with van der Waals surface area (Å²) in [6.07, 6.45) is 0.480. The fraction of sp³-hybridized carbons (Fsp3) is 0.900. The molecule has 5 heteroatoms. The van der Waals surface area contributed by atoms with Gasteiger partial charge in [0.15, 0.2) is 0 Å². The van der Waals surface area contributed by atoms with Crippen LogP contribution in [0.3, 0.4) is 0 Å². The van der Waals surface area contributed by atoms with Crippen LogP contribution in [-0.2, 0) is 4.74 Å². The van der Waals surface area contributed by atoms with Gasteiger partial charge >= 0.3 is 6.09 Å².